The van der Waals surface area contributed by atoms with E-state index in [-0.39, 0.29) is 11.4 Å². The Morgan fingerprint density at radius 2 is 2.00 bits per heavy atom. The van der Waals surface area contributed by atoms with Crippen LogP contribution >= 0.6 is 12.6 Å². The summed E-state index contributed by atoms with van der Waals surface area (Å²) in [4.78, 5) is 11.5. The molecule has 0 saturated heterocycles. The number of thiol groups is 1. The van der Waals surface area contributed by atoms with Crippen LogP contribution in [0.1, 0.15) is 36.5 Å². The van der Waals surface area contributed by atoms with E-state index in [0.717, 1.165) is 11.5 Å². The molecule has 19 heavy (non-hydrogen) atoms. The van der Waals surface area contributed by atoms with Crippen molar-refractivity contribution in [3.63, 3.8) is 0 Å². The van der Waals surface area contributed by atoms with Gasteiger partial charge in [0.25, 0.3) is 0 Å². The molecule has 2 rings (SSSR count). The molecule has 0 spiro atoms. The van der Waals surface area contributed by atoms with Gasteiger partial charge in [-0.15, -0.1) is 0 Å². The van der Waals surface area contributed by atoms with E-state index in [4.69, 9.17) is 9.47 Å². The second kappa shape index (κ2) is 6.33. The first-order valence-corrected chi connectivity index (χ1v) is 7.33. The lowest BCUT2D eigenvalue weighted by atomic mass is 9.71. The minimum atomic E-state index is -0.292. The number of carbonyl (C=O) groups excluding carboxylic acids is 1. The Hall–Kier alpha value is -1.16. The van der Waals surface area contributed by atoms with Crippen LogP contribution in [0, 0.1) is 5.41 Å². The summed E-state index contributed by atoms with van der Waals surface area (Å²) in [5, 5.41) is 0. The third-order valence-corrected chi connectivity index (χ3v) is 4.33. The summed E-state index contributed by atoms with van der Waals surface area (Å²) in [6.45, 7) is 2.89. The van der Waals surface area contributed by atoms with E-state index in [1.807, 2.05) is 12.1 Å². The fraction of sp³-hybridized carbons (Fsp3) is 0.533. The van der Waals surface area contributed by atoms with Gasteiger partial charge in [-0.3, -0.25) is 0 Å². The van der Waals surface area contributed by atoms with Crippen molar-refractivity contribution in [3.05, 3.63) is 29.8 Å². The summed E-state index contributed by atoms with van der Waals surface area (Å²) in [5.74, 6) is 1.37. The molecule has 0 amide bonds. The van der Waals surface area contributed by atoms with Crippen molar-refractivity contribution >= 4 is 18.6 Å². The van der Waals surface area contributed by atoms with Gasteiger partial charge in [-0.25, -0.2) is 4.79 Å². The SMILES string of the molecule is CCOC(=O)c1ccc(OCC2(CS)CCC2)cc1. The molecular weight excluding hydrogens is 260 g/mol. The van der Waals surface area contributed by atoms with E-state index in [1.165, 1.54) is 19.3 Å². The molecule has 0 N–H and O–H groups in total. The van der Waals surface area contributed by atoms with Crippen LogP contribution in [0.5, 0.6) is 5.75 Å². The van der Waals surface area contributed by atoms with Crippen LogP contribution < -0.4 is 4.74 Å². The Kier molecular flexibility index (Phi) is 4.75. The standard InChI is InChI=1S/C15H20O3S/c1-2-17-14(16)12-4-6-13(7-5-12)18-10-15(11-19)8-3-9-15/h4-7,19H,2-3,8-11H2,1H3. The molecule has 1 aromatic carbocycles. The van der Waals surface area contributed by atoms with Crippen LogP contribution in [0.4, 0.5) is 0 Å². The summed E-state index contributed by atoms with van der Waals surface area (Å²) < 4.78 is 10.7. The summed E-state index contributed by atoms with van der Waals surface area (Å²) in [6.07, 6.45) is 3.65. The Morgan fingerprint density at radius 1 is 1.32 bits per heavy atom. The minimum absolute atomic E-state index is 0.253. The van der Waals surface area contributed by atoms with Gasteiger partial charge in [-0.1, -0.05) is 6.42 Å². The average Bonchev–Trinajstić information content (AvgIpc) is 2.39. The van der Waals surface area contributed by atoms with Gasteiger partial charge in [0.2, 0.25) is 0 Å². The Labute approximate surface area is 119 Å². The van der Waals surface area contributed by atoms with Crippen molar-refractivity contribution in [2.75, 3.05) is 19.0 Å². The number of ether oxygens (including phenoxy) is 2. The van der Waals surface area contributed by atoms with Crippen LogP contribution in [0.25, 0.3) is 0 Å². The second-order valence-electron chi connectivity index (χ2n) is 5.05. The predicted molar refractivity (Wildman–Crippen MR) is 78.0 cm³/mol. The topological polar surface area (TPSA) is 35.5 Å². The molecular formula is C15H20O3S. The largest absolute Gasteiger partial charge is 0.493 e. The lowest BCUT2D eigenvalue weighted by molar-refractivity contribution is 0.0526. The highest BCUT2D eigenvalue weighted by atomic mass is 32.1. The number of hydrogen-bond acceptors (Lipinski definition) is 4. The van der Waals surface area contributed by atoms with E-state index >= 15 is 0 Å². The van der Waals surface area contributed by atoms with Gasteiger partial charge in [-0.2, -0.15) is 12.6 Å². The maximum absolute atomic E-state index is 11.5. The second-order valence-corrected chi connectivity index (χ2v) is 5.36. The molecule has 1 saturated carbocycles. The summed E-state index contributed by atoms with van der Waals surface area (Å²) in [7, 11) is 0. The summed E-state index contributed by atoms with van der Waals surface area (Å²) in [5.41, 5.74) is 0.810. The Morgan fingerprint density at radius 3 is 2.47 bits per heavy atom. The van der Waals surface area contributed by atoms with Gasteiger partial charge in [0.05, 0.1) is 18.8 Å². The number of esters is 1. The summed E-state index contributed by atoms with van der Waals surface area (Å²) >= 11 is 4.40. The van der Waals surface area contributed by atoms with Crippen molar-refractivity contribution in [3.8, 4) is 5.75 Å². The predicted octanol–water partition coefficient (Wildman–Crippen LogP) is 3.34. The third-order valence-electron chi connectivity index (χ3n) is 3.66. The molecule has 1 aliphatic rings. The van der Waals surface area contributed by atoms with Crippen LogP contribution in [-0.2, 0) is 4.74 Å². The van der Waals surface area contributed by atoms with E-state index in [9.17, 15) is 4.79 Å². The molecule has 0 bridgehead atoms. The molecule has 0 unspecified atom stereocenters. The molecule has 0 aliphatic heterocycles. The molecule has 104 valence electrons. The Bertz CT molecular complexity index is 418. The zero-order chi connectivity index (χ0) is 13.7. The van der Waals surface area contributed by atoms with E-state index in [2.05, 4.69) is 12.6 Å². The van der Waals surface area contributed by atoms with Crippen LogP contribution in [0.3, 0.4) is 0 Å². The van der Waals surface area contributed by atoms with E-state index < -0.39 is 0 Å². The zero-order valence-electron chi connectivity index (χ0n) is 11.2. The molecule has 4 heteroatoms. The highest BCUT2D eigenvalue weighted by Gasteiger charge is 2.36. The van der Waals surface area contributed by atoms with Gasteiger partial charge in [0, 0.05) is 5.41 Å². The van der Waals surface area contributed by atoms with Crippen molar-refractivity contribution in [2.45, 2.75) is 26.2 Å². The first kappa shape index (κ1) is 14.3. The average molecular weight is 280 g/mol. The van der Waals surface area contributed by atoms with Crippen molar-refractivity contribution < 1.29 is 14.3 Å². The maximum Gasteiger partial charge on any atom is 0.338 e. The first-order chi connectivity index (χ1) is 9.19. The highest BCUT2D eigenvalue weighted by Crippen LogP contribution is 2.42. The maximum atomic E-state index is 11.5. The lowest BCUT2D eigenvalue weighted by Gasteiger charge is -2.40. The van der Waals surface area contributed by atoms with Crippen molar-refractivity contribution in [1.29, 1.82) is 0 Å². The third kappa shape index (κ3) is 3.44. The number of carbonyl (C=O) groups is 1. The number of benzene rings is 1. The molecule has 1 aromatic rings. The Balaban J connectivity index is 1.90. The van der Waals surface area contributed by atoms with Gasteiger partial charge >= 0.3 is 5.97 Å². The monoisotopic (exact) mass is 280 g/mol. The van der Waals surface area contributed by atoms with Crippen molar-refractivity contribution in [2.24, 2.45) is 5.41 Å². The fourth-order valence-corrected chi connectivity index (χ4v) is 2.57. The molecule has 1 fully saturated rings. The highest BCUT2D eigenvalue weighted by molar-refractivity contribution is 7.80. The van der Waals surface area contributed by atoms with E-state index in [0.29, 0.717) is 18.8 Å². The molecule has 3 nitrogen and oxygen atoms in total. The van der Waals surface area contributed by atoms with E-state index in [1.54, 1.807) is 19.1 Å². The van der Waals surface area contributed by atoms with Crippen LogP contribution in [0.15, 0.2) is 24.3 Å². The van der Waals surface area contributed by atoms with Gasteiger partial charge in [-0.05, 0) is 49.8 Å². The fourth-order valence-electron chi connectivity index (χ4n) is 2.16. The van der Waals surface area contributed by atoms with Crippen LogP contribution in [0.2, 0.25) is 0 Å². The zero-order valence-corrected chi connectivity index (χ0v) is 12.1. The molecule has 1 aliphatic carbocycles. The molecule has 0 heterocycles. The molecule has 0 aromatic heterocycles. The molecule has 0 radical (unpaired) electrons. The first-order valence-electron chi connectivity index (χ1n) is 6.70. The molecule has 0 atom stereocenters. The number of rotatable bonds is 6. The van der Waals surface area contributed by atoms with Crippen LogP contribution in [-0.4, -0.2) is 24.9 Å². The number of hydrogen-bond donors (Lipinski definition) is 1. The van der Waals surface area contributed by atoms with Gasteiger partial charge < -0.3 is 9.47 Å². The van der Waals surface area contributed by atoms with Gasteiger partial charge in [0.15, 0.2) is 0 Å². The van der Waals surface area contributed by atoms with Crippen molar-refractivity contribution in [1.82, 2.24) is 0 Å². The quantitative estimate of drug-likeness (QED) is 0.641. The smallest absolute Gasteiger partial charge is 0.338 e. The van der Waals surface area contributed by atoms with Gasteiger partial charge in [0.1, 0.15) is 5.75 Å². The minimum Gasteiger partial charge on any atom is -0.493 e. The normalized spacial score (nSPS) is 16.5. The lowest BCUT2D eigenvalue weighted by Crippen LogP contribution is -2.37. The summed E-state index contributed by atoms with van der Waals surface area (Å²) in [6, 6.07) is 7.11.